The molecule has 0 heterocycles. The van der Waals surface area contributed by atoms with E-state index in [4.69, 9.17) is 9.47 Å². The summed E-state index contributed by atoms with van der Waals surface area (Å²) in [6.07, 6.45) is -0.0317. The fourth-order valence-electron chi connectivity index (χ4n) is 5.31. The van der Waals surface area contributed by atoms with Crippen molar-refractivity contribution in [2.24, 2.45) is 5.10 Å². The fourth-order valence-corrected chi connectivity index (χ4v) is 5.31. The van der Waals surface area contributed by atoms with Crippen molar-refractivity contribution in [1.82, 2.24) is 21.4 Å². The van der Waals surface area contributed by atoms with Crippen LogP contribution < -0.4 is 21.4 Å². The molecule has 48 heavy (non-hydrogen) atoms. The third-order valence-corrected chi connectivity index (χ3v) is 7.78. The molecule has 0 fully saturated rings. The van der Waals surface area contributed by atoms with Gasteiger partial charge in [0.05, 0.1) is 0 Å². The lowest BCUT2D eigenvalue weighted by atomic mass is 9.98. The largest absolute Gasteiger partial charge is 0.449 e. The molecule has 3 aromatic rings. The minimum Gasteiger partial charge on any atom is -0.449 e. The summed E-state index contributed by atoms with van der Waals surface area (Å²) in [5.74, 6) is -1.18. The minimum atomic E-state index is -1.01. The smallest absolute Gasteiger partial charge is 0.407 e. The van der Waals surface area contributed by atoms with E-state index in [1.54, 1.807) is 20.8 Å². The normalized spacial score (nSPS) is 13.1. The van der Waals surface area contributed by atoms with Crippen molar-refractivity contribution < 1.29 is 28.7 Å². The van der Waals surface area contributed by atoms with Gasteiger partial charge in [-0.2, -0.15) is 5.10 Å². The molecule has 11 nitrogen and oxygen atoms in total. The fraction of sp³-hybridized carbons (Fsp3) is 0.378. The first-order valence-corrected chi connectivity index (χ1v) is 16.2. The number of hydrogen-bond donors (Lipinski definition) is 4. The summed E-state index contributed by atoms with van der Waals surface area (Å²) < 4.78 is 10.9. The topological polar surface area (TPSA) is 147 Å². The molecule has 11 heteroatoms. The van der Waals surface area contributed by atoms with Crippen molar-refractivity contribution in [3.05, 3.63) is 95.1 Å². The van der Waals surface area contributed by atoms with Gasteiger partial charge in [-0.25, -0.2) is 15.0 Å². The van der Waals surface area contributed by atoms with Crippen molar-refractivity contribution in [2.75, 3.05) is 13.2 Å². The number of carbonyl (C=O) groups is 4. The van der Waals surface area contributed by atoms with E-state index in [2.05, 4.69) is 38.6 Å². The van der Waals surface area contributed by atoms with Gasteiger partial charge < -0.3 is 25.4 Å². The average molecular weight is 656 g/mol. The van der Waals surface area contributed by atoms with Crippen molar-refractivity contribution >= 4 is 29.7 Å². The van der Waals surface area contributed by atoms with E-state index in [1.807, 2.05) is 67.6 Å². The molecule has 0 radical (unpaired) electrons. The van der Waals surface area contributed by atoms with Gasteiger partial charge >= 0.3 is 12.2 Å². The molecule has 1 aliphatic carbocycles. The summed E-state index contributed by atoms with van der Waals surface area (Å²) in [5, 5.41) is 12.1. The van der Waals surface area contributed by atoms with Crippen LogP contribution in [0.3, 0.4) is 0 Å². The van der Waals surface area contributed by atoms with Gasteiger partial charge in [0.2, 0.25) is 0 Å². The summed E-state index contributed by atoms with van der Waals surface area (Å²) in [6, 6.07) is 22.8. The van der Waals surface area contributed by atoms with E-state index in [0.717, 1.165) is 33.4 Å². The standard InChI is InChI=1S/C37H45N5O6/c1-24-17-19-26(20-18-24)22-39-33(43)25(2)41-42-34(44)32(16-10-11-21-38-35(45)48-37(3,4)5)40-36(46)47-23-31-29-14-8-6-12-27(29)28-13-7-9-15-30(28)31/h6-9,12-15,17-20,31-32H,10-11,16,21-23H2,1-5H3,(H,38,45)(H,39,43)(H,40,46)(H,42,44)/b41-25-/t32-/m0/s1. The maximum Gasteiger partial charge on any atom is 0.407 e. The van der Waals surface area contributed by atoms with Gasteiger partial charge in [-0.15, -0.1) is 0 Å². The highest BCUT2D eigenvalue weighted by molar-refractivity contribution is 6.37. The highest BCUT2D eigenvalue weighted by Crippen LogP contribution is 2.44. The van der Waals surface area contributed by atoms with Crippen LogP contribution in [0.2, 0.25) is 0 Å². The molecule has 3 aromatic carbocycles. The molecule has 0 aliphatic heterocycles. The Hall–Kier alpha value is -5.19. The molecular formula is C37H45N5O6. The highest BCUT2D eigenvalue weighted by atomic mass is 16.6. The van der Waals surface area contributed by atoms with E-state index in [1.165, 1.54) is 6.92 Å². The Labute approximate surface area is 281 Å². The van der Waals surface area contributed by atoms with Gasteiger partial charge in [0.15, 0.2) is 0 Å². The number of nitrogens with one attached hydrogen (secondary N) is 4. The number of nitrogens with zero attached hydrogens (tertiary/aromatic N) is 1. The van der Waals surface area contributed by atoms with Gasteiger partial charge in [0, 0.05) is 19.0 Å². The zero-order valence-electron chi connectivity index (χ0n) is 28.2. The van der Waals surface area contributed by atoms with Gasteiger partial charge in [-0.1, -0.05) is 78.4 Å². The summed E-state index contributed by atoms with van der Waals surface area (Å²) >= 11 is 0. The number of hydrazone groups is 1. The number of unbranched alkanes of at least 4 members (excludes halogenated alkanes) is 1. The van der Waals surface area contributed by atoms with Crippen LogP contribution in [0.25, 0.3) is 11.1 Å². The van der Waals surface area contributed by atoms with E-state index >= 15 is 0 Å². The Bertz CT molecular complexity index is 1580. The molecular weight excluding hydrogens is 610 g/mol. The van der Waals surface area contributed by atoms with Crippen LogP contribution in [0.4, 0.5) is 9.59 Å². The molecule has 0 bridgehead atoms. The van der Waals surface area contributed by atoms with Crippen molar-refractivity contribution in [1.29, 1.82) is 0 Å². The SMILES string of the molecule is C/C(=N/NC(=O)[C@H](CCCCNC(=O)OC(C)(C)C)NC(=O)OCC1c2ccccc2-c2ccccc21)C(=O)NCc1ccc(C)cc1. The highest BCUT2D eigenvalue weighted by Gasteiger charge is 2.30. The van der Waals surface area contributed by atoms with Crippen LogP contribution in [0, 0.1) is 6.92 Å². The van der Waals surface area contributed by atoms with Gasteiger partial charge in [0.1, 0.15) is 24.0 Å². The molecule has 0 aromatic heterocycles. The van der Waals surface area contributed by atoms with Crippen molar-refractivity contribution in [2.45, 2.75) is 78.0 Å². The Morgan fingerprint density at radius 2 is 1.46 bits per heavy atom. The van der Waals surface area contributed by atoms with Crippen LogP contribution in [0.5, 0.6) is 0 Å². The van der Waals surface area contributed by atoms with Crippen LogP contribution in [0.15, 0.2) is 77.9 Å². The number of rotatable bonds is 13. The van der Waals surface area contributed by atoms with Crippen LogP contribution in [-0.2, 0) is 25.6 Å². The molecule has 1 atom stereocenters. The zero-order valence-corrected chi connectivity index (χ0v) is 28.2. The minimum absolute atomic E-state index is 0.0527. The van der Waals surface area contributed by atoms with E-state index in [0.29, 0.717) is 25.9 Å². The number of benzene rings is 3. The lowest BCUT2D eigenvalue weighted by molar-refractivity contribution is -0.123. The maximum absolute atomic E-state index is 13.2. The molecule has 0 spiro atoms. The zero-order chi connectivity index (χ0) is 34.7. The molecule has 4 N–H and O–H groups in total. The second-order valence-corrected chi connectivity index (χ2v) is 12.8. The van der Waals surface area contributed by atoms with E-state index in [-0.39, 0.29) is 24.7 Å². The molecule has 0 saturated carbocycles. The Morgan fingerprint density at radius 3 is 2.08 bits per heavy atom. The van der Waals surface area contributed by atoms with Crippen molar-refractivity contribution in [3.63, 3.8) is 0 Å². The first-order valence-electron chi connectivity index (χ1n) is 16.2. The number of carbonyl (C=O) groups excluding carboxylic acids is 4. The Kier molecular flexibility index (Phi) is 12.3. The number of amides is 4. The summed E-state index contributed by atoms with van der Waals surface area (Å²) in [7, 11) is 0. The third kappa shape index (κ3) is 10.4. The number of alkyl carbamates (subject to hydrolysis) is 2. The van der Waals surface area contributed by atoms with E-state index in [9.17, 15) is 19.2 Å². The predicted molar refractivity (Wildman–Crippen MR) is 184 cm³/mol. The molecule has 4 amide bonds. The molecule has 0 unspecified atom stereocenters. The van der Waals surface area contributed by atoms with Gasteiger partial charge in [-0.05, 0) is 81.7 Å². The molecule has 254 valence electrons. The third-order valence-electron chi connectivity index (χ3n) is 7.78. The second-order valence-electron chi connectivity index (χ2n) is 12.8. The van der Waals surface area contributed by atoms with Crippen LogP contribution in [0.1, 0.15) is 75.1 Å². The number of fused-ring (bicyclic) bond motifs is 3. The average Bonchev–Trinajstić information content (AvgIpc) is 3.37. The predicted octanol–water partition coefficient (Wildman–Crippen LogP) is 5.71. The summed E-state index contributed by atoms with van der Waals surface area (Å²) in [4.78, 5) is 50.8. The number of hydrogen-bond acceptors (Lipinski definition) is 7. The molecule has 1 aliphatic rings. The summed E-state index contributed by atoms with van der Waals surface area (Å²) in [5.41, 5.74) is 8.26. The molecule has 4 rings (SSSR count). The second kappa shape index (κ2) is 16.6. The first kappa shape index (κ1) is 35.7. The first-order chi connectivity index (χ1) is 22.9. The number of aryl methyl sites for hydroxylation is 1. The molecule has 0 saturated heterocycles. The van der Waals surface area contributed by atoms with Crippen LogP contribution >= 0.6 is 0 Å². The Morgan fingerprint density at radius 1 is 0.833 bits per heavy atom. The quantitative estimate of drug-likeness (QED) is 0.105. The van der Waals surface area contributed by atoms with Gasteiger partial charge in [-0.3, -0.25) is 9.59 Å². The van der Waals surface area contributed by atoms with Gasteiger partial charge in [0.25, 0.3) is 11.8 Å². The Balaban J connectivity index is 1.34. The lowest BCUT2D eigenvalue weighted by Crippen LogP contribution is -2.46. The van der Waals surface area contributed by atoms with Crippen molar-refractivity contribution in [3.8, 4) is 11.1 Å². The monoisotopic (exact) mass is 655 g/mol. The lowest BCUT2D eigenvalue weighted by Gasteiger charge is -2.20. The number of ether oxygens (including phenoxy) is 2. The van der Waals surface area contributed by atoms with Crippen LogP contribution in [-0.4, -0.2) is 54.5 Å². The summed E-state index contributed by atoms with van der Waals surface area (Å²) in [6.45, 7) is 9.54. The maximum atomic E-state index is 13.2. The van der Waals surface area contributed by atoms with E-state index < -0.39 is 35.6 Å².